The van der Waals surface area contributed by atoms with Crippen LogP contribution in [-0.4, -0.2) is 69.1 Å². The number of aliphatic hydroxyl groups excluding tert-OH is 2. The monoisotopic (exact) mass is 433 g/mol. The molecule has 0 aromatic heterocycles. The maximum atomic E-state index is 12.1. The molecule has 1 aromatic rings. The summed E-state index contributed by atoms with van der Waals surface area (Å²) in [5.74, 6) is 0.128. The number of amides is 1. The summed E-state index contributed by atoms with van der Waals surface area (Å²) in [6, 6.07) is 7.40. The number of hydrogen-bond donors (Lipinski definition) is 3. The van der Waals surface area contributed by atoms with E-state index in [2.05, 4.69) is 18.0 Å². The highest BCUT2D eigenvalue weighted by molar-refractivity contribution is 7.80. The maximum absolute atomic E-state index is 12.1. The molecule has 150 valence electrons. The standard InChI is InChI=1S/C16H21ClN2O3S.CH3NOS/c17-14-5-3-13(4-6-14)12-19(16(21)23)7-1-2-15(20)18-8-10-22-11-9-18;2-1(3)4/h3-6H,1-2,7-12H2,(H,21,23);(H3,2,3,4). The normalized spacial score (nSPS) is 13.3. The van der Waals surface area contributed by atoms with Crippen LogP contribution in [0.2, 0.25) is 5.02 Å². The highest BCUT2D eigenvalue weighted by Crippen LogP contribution is 2.12. The van der Waals surface area contributed by atoms with E-state index in [1.54, 1.807) is 17.0 Å². The number of nitrogens with two attached hydrogens (primary N) is 1. The number of carbonyl (C=O) groups is 1. The molecular formula is C17H24ClN3O4S2. The summed E-state index contributed by atoms with van der Waals surface area (Å²) in [6.45, 7) is 3.56. The molecule has 0 bridgehead atoms. The molecular weight excluding hydrogens is 410 g/mol. The third kappa shape index (κ3) is 10.3. The van der Waals surface area contributed by atoms with E-state index in [0.29, 0.717) is 57.3 Å². The number of benzene rings is 1. The zero-order valence-corrected chi connectivity index (χ0v) is 17.2. The summed E-state index contributed by atoms with van der Waals surface area (Å²) in [4.78, 5) is 15.6. The Balaban J connectivity index is 0.000000828. The predicted molar refractivity (Wildman–Crippen MR) is 113 cm³/mol. The first-order valence-corrected chi connectivity index (χ1v) is 9.55. The first kappa shape index (κ1) is 23.4. The number of morpholine rings is 1. The minimum absolute atomic E-state index is 0.128. The molecule has 0 aliphatic carbocycles. The van der Waals surface area contributed by atoms with Gasteiger partial charge in [-0.1, -0.05) is 23.7 Å². The van der Waals surface area contributed by atoms with Crippen molar-refractivity contribution < 1.29 is 19.7 Å². The molecule has 4 N–H and O–H groups in total. The summed E-state index contributed by atoms with van der Waals surface area (Å²) >= 11 is 14.6. The smallest absolute Gasteiger partial charge is 0.257 e. The van der Waals surface area contributed by atoms with Gasteiger partial charge in [-0.15, -0.1) is 0 Å². The van der Waals surface area contributed by atoms with E-state index >= 15 is 0 Å². The average Bonchev–Trinajstić information content (AvgIpc) is 2.62. The topological polar surface area (TPSA) is 99.3 Å². The van der Waals surface area contributed by atoms with Crippen LogP contribution in [0.3, 0.4) is 0 Å². The van der Waals surface area contributed by atoms with Gasteiger partial charge < -0.3 is 30.5 Å². The third-order valence-corrected chi connectivity index (χ3v) is 4.25. The largest absolute Gasteiger partial charge is 0.487 e. The summed E-state index contributed by atoms with van der Waals surface area (Å²) in [6.07, 6.45) is 1.09. The fourth-order valence-corrected chi connectivity index (χ4v) is 2.73. The number of hydrogen-bond acceptors (Lipinski definition) is 4. The van der Waals surface area contributed by atoms with E-state index in [1.807, 2.05) is 17.0 Å². The van der Waals surface area contributed by atoms with Gasteiger partial charge in [0.05, 0.1) is 13.2 Å². The molecule has 1 aromatic carbocycles. The number of aliphatic hydroxyl groups is 2. The lowest BCUT2D eigenvalue weighted by atomic mass is 10.2. The minimum atomic E-state index is -0.500. The second-order valence-corrected chi connectivity index (χ2v) is 6.99. The Morgan fingerprint density at radius 1 is 1.22 bits per heavy atom. The second-order valence-electron chi connectivity index (χ2n) is 5.77. The Morgan fingerprint density at radius 2 is 1.78 bits per heavy atom. The van der Waals surface area contributed by atoms with Gasteiger partial charge in [-0.25, -0.2) is 0 Å². The van der Waals surface area contributed by atoms with E-state index in [4.69, 9.17) is 33.7 Å². The highest BCUT2D eigenvalue weighted by atomic mass is 35.5. The quantitative estimate of drug-likeness (QED) is 0.588. The van der Waals surface area contributed by atoms with Gasteiger partial charge in [0, 0.05) is 37.6 Å². The third-order valence-electron chi connectivity index (χ3n) is 3.74. The summed E-state index contributed by atoms with van der Waals surface area (Å²) in [5, 5.41) is 17.2. The summed E-state index contributed by atoms with van der Waals surface area (Å²) < 4.78 is 5.24. The lowest BCUT2D eigenvalue weighted by molar-refractivity contribution is -0.135. The van der Waals surface area contributed by atoms with Crippen molar-refractivity contribution in [3.63, 3.8) is 0 Å². The molecule has 1 amide bonds. The fourth-order valence-electron chi connectivity index (χ4n) is 2.44. The molecule has 1 aliphatic heterocycles. The number of ether oxygens (including phenoxy) is 1. The van der Waals surface area contributed by atoms with Crippen molar-refractivity contribution in [2.24, 2.45) is 5.73 Å². The van der Waals surface area contributed by atoms with Crippen molar-refractivity contribution in [2.75, 3.05) is 32.8 Å². The van der Waals surface area contributed by atoms with Crippen LogP contribution in [0.4, 0.5) is 0 Å². The minimum Gasteiger partial charge on any atom is -0.487 e. The van der Waals surface area contributed by atoms with Gasteiger partial charge in [0.2, 0.25) is 5.91 Å². The highest BCUT2D eigenvalue weighted by Gasteiger charge is 2.17. The average molecular weight is 434 g/mol. The number of carbonyl (C=O) groups excluding carboxylic acids is 1. The lowest BCUT2D eigenvalue weighted by Gasteiger charge is -2.27. The van der Waals surface area contributed by atoms with Crippen LogP contribution in [-0.2, 0) is 16.1 Å². The molecule has 0 radical (unpaired) electrons. The van der Waals surface area contributed by atoms with Gasteiger partial charge in [0.25, 0.3) is 10.3 Å². The lowest BCUT2D eigenvalue weighted by Crippen LogP contribution is -2.41. The molecule has 2 rings (SSSR count). The molecule has 7 nitrogen and oxygen atoms in total. The van der Waals surface area contributed by atoms with Crippen LogP contribution in [0.15, 0.2) is 24.3 Å². The van der Waals surface area contributed by atoms with E-state index in [1.165, 1.54) is 0 Å². The molecule has 27 heavy (non-hydrogen) atoms. The molecule has 1 saturated heterocycles. The number of nitrogens with zero attached hydrogens (tertiary/aromatic N) is 2. The van der Waals surface area contributed by atoms with Crippen LogP contribution in [0.1, 0.15) is 18.4 Å². The summed E-state index contributed by atoms with van der Waals surface area (Å²) in [7, 11) is 0. The Labute approximate surface area is 174 Å². The zero-order chi connectivity index (χ0) is 20.2. The Bertz CT molecular complexity index is 621. The number of thiocarbonyl (C=S) groups is 2. The Morgan fingerprint density at radius 3 is 2.30 bits per heavy atom. The van der Waals surface area contributed by atoms with E-state index < -0.39 is 5.17 Å². The van der Waals surface area contributed by atoms with Crippen molar-refractivity contribution in [3.8, 4) is 0 Å². The molecule has 0 saturated carbocycles. The van der Waals surface area contributed by atoms with Crippen molar-refractivity contribution in [3.05, 3.63) is 34.9 Å². The van der Waals surface area contributed by atoms with Crippen molar-refractivity contribution >= 4 is 52.3 Å². The Hall–Kier alpha value is -1.68. The van der Waals surface area contributed by atoms with E-state index in [0.717, 1.165) is 5.56 Å². The van der Waals surface area contributed by atoms with Crippen molar-refractivity contribution in [2.45, 2.75) is 19.4 Å². The van der Waals surface area contributed by atoms with Gasteiger partial charge >= 0.3 is 0 Å². The molecule has 1 heterocycles. The number of rotatable bonds is 6. The first-order valence-electron chi connectivity index (χ1n) is 8.36. The SMILES string of the molecule is NC(O)=S.O=C(CCCN(Cc1ccc(Cl)cc1)C(O)=S)N1CCOCC1. The van der Waals surface area contributed by atoms with Crippen LogP contribution in [0.5, 0.6) is 0 Å². The molecule has 0 unspecified atom stereocenters. The molecule has 0 atom stereocenters. The fraction of sp³-hybridized carbons (Fsp3) is 0.471. The van der Waals surface area contributed by atoms with E-state index in [-0.39, 0.29) is 11.1 Å². The van der Waals surface area contributed by atoms with Crippen LogP contribution in [0, 0.1) is 0 Å². The maximum Gasteiger partial charge on any atom is 0.257 e. The van der Waals surface area contributed by atoms with Crippen LogP contribution >= 0.6 is 36.0 Å². The zero-order valence-electron chi connectivity index (χ0n) is 14.8. The van der Waals surface area contributed by atoms with Gasteiger partial charge in [0.1, 0.15) is 0 Å². The predicted octanol–water partition coefficient (Wildman–Crippen LogP) is 2.41. The summed E-state index contributed by atoms with van der Waals surface area (Å²) in [5.41, 5.74) is 5.40. The Kier molecular flexibility index (Phi) is 11.0. The molecule has 1 aliphatic rings. The van der Waals surface area contributed by atoms with E-state index in [9.17, 15) is 9.90 Å². The van der Waals surface area contributed by atoms with Gasteiger partial charge in [-0.05, 0) is 48.6 Å². The van der Waals surface area contributed by atoms with Crippen LogP contribution in [0.25, 0.3) is 0 Å². The second kappa shape index (κ2) is 12.7. The molecule has 1 fully saturated rings. The molecule has 0 spiro atoms. The number of halogens is 1. The van der Waals surface area contributed by atoms with Crippen molar-refractivity contribution in [1.82, 2.24) is 9.80 Å². The van der Waals surface area contributed by atoms with Gasteiger partial charge in [-0.3, -0.25) is 4.79 Å². The first-order chi connectivity index (χ1) is 12.8. The van der Waals surface area contributed by atoms with Crippen LogP contribution < -0.4 is 5.73 Å². The van der Waals surface area contributed by atoms with Crippen molar-refractivity contribution in [1.29, 1.82) is 0 Å². The van der Waals surface area contributed by atoms with Gasteiger partial charge in [-0.2, -0.15) is 0 Å². The molecule has 10 heteroatoms. The van der Waals surface area contributed by atoms with Gasteiger partial charge in [0.15, 0.2) is 0 Å².